The molecule has 4 heteroatoms. The van der Waals surface area contributed by atoms with Gasteiger partial charge in [0.1, 0.15) is 11.4 Å². The number of hydrogen-bond donors (Lipinski definition) is 1. The third-order valence-electron chi connectivity index (χ3n) is 4.16. The van der Waals surface area contributed by atoms with Crippen LogP contribution in [0.3, 0.4) is 0 Å². The predicted molar refractivity (Wildman–Crippen MR) is 94.5 cm³/mol. The third-order valence-corrected chi connectivity index (χ3v) is 9.62. The second-order valence-electron chi connectivity index (χ2n) is 5.83. The van der Waals surface area contributed by atoms with Gasteiger partial charge in [-0.2, -0.15) is 0 Å². The van der Waals surface area contributed by atoms with E-state index in [1.165, 1.54) is 10.9 Å². The first kappa shape index (κ1) is 16.2. The van der Waals surface area contributed by atoms with Gasteiger partial charge >= 0.3 is 0 Å². The lowest BCUT2D eigenvalue weighted by atomic mass is 9.77. The molecule has 0 aliphatic heterocycles. The van der Waals surface area contributed by atoms with Crippen LogP contribution < -0.4 is 5.30 Å². The van der Waals surface area contributed by atoms with E-state index in [1.807, 2.05) is 18.2 Å². The van der Waals surface area contributed by atoms with Crippen molar-refractivity contribution in [2.75, 3.05) is 0 Å². The summed E-state index contributed by atoms with van der Waals surface area (Å²) in [6, 6.07) is 10.3. The van der Waals surface area contributed by atoms with E-state index in [0.717, 1.165) is 19.3 Å². The molecule has 108 valence electrons. The van der Waals surface area contributed by atoms with Crippen molar-refractivity contribution in [3.05, 3.63) is 42.5 Å². The fourth-order valence-corrected chi connectivity index (χ4v) is 8.29. The molecule has 0 bridgehead atoms. The van der Waals surface area contributed by atoms with Crippen molar-refractivity contribution in [2.45, 2.75) is 44.0 Å². The molecular formula is C16H22OPS2+. The van der Waals surface area contributed by atoms with Crippen molar-refractivity contribution in [1.82, 2.24) is 0 Å². The van der Waals surface area contributed by atoms with Crippen LogP contribution in [0.25, 0.3) is 0 Å². The second-order valence-corrected chi connectivity index (χ2v) is 11.4. The fraction of sp³-hybridized carbons (Fsp3) is 0.500. The standard InChI is InChI=1S/C16H22OPS2/c1-12(2)13-9-10-16(3,15(17)11-13)20-18(19)14-7-5-4-6-8-14/h4-8,13,15,17H,1,9-11H2,2-3H3/q+1/t13-,15+,16+/m1/s1. The normalized spacial score (nSPS) is 30.9. The summed E-state index contributed by atoms with van der Waals surface area (Å²) in [7, 11) is 0. The van der Waals surface area contributed by atoms with Crippen molar-refractivity contribution >= 4 is 34.4 Å². The van der Waals surface area contributed by atoms with Crippen LogP contribution in [0.1, 0.15) is 33.1 Å². The van der Waals surface area contributed by atoms with Crippen molar-refractivity contribution in [3.8, 4) is 0 Å². The molecule has 0 radical (unpaired) electrons. The Balaban J connectivity index is 2.05. The number of hydrogen-bond acceptors (Lipinski definition) is 3. The van der Waals surface area contributed by atoms with Crippen LogP contribution in [0.2, 0.25) is 0 Å². The van der Waals surface area contributed by atoms with E-state index in [1.54, 1.807) is 11.4 Å². The number of aliphatic hydroxyl groups is 1. The van der Waals surface area contributed by atoms with Crippen molar-refractivity contribution < 1.29 is 5.11 Å². The Morgan fingerprint density at radius 1 is 1.45 bits per heavy atom. The summed E-state index contributed by atoms with van der Waals surface area (Å²) in [6.45, 7) is 8.27. The van der Waals surface area contributed by atoms with E-state index in [9.17, 15) is 5.11 Å². The summed E-state index contributed by atoms with van der Waals surface area (Å²) in [4.78, 5) is 0. The molecule has 0 heterocycles. The Morgan fingerprint density at radius 2 is 2.10 bits per heavy atom. The van der Waals surface area contributed by atoms with Crippen LogP contribution in [0.15, 0.2) is 42.5 Å². The van der Waals surface area contributed by atoms with Gasteiger partial charge in [0.2, 0.25) is 0 Å². The summed E-state index contributed by atoms with van der Waals surface area (Å²) in [5.41, 5.74) is 1.19. The molecule has 20 heavy (non-hydrogen) atoms. The van der Waals surface area contributed by atoms with E-state index in [2.05, 4.69) is 32.6 Å². The maximum Gasteiger partial charge on any atom is 0.283 e. The average Bonchev–Trinajstić information content (AvgIpc) is 2.42. The molecule has 1 aromatic rings. The largest absolute Gasteiger partial charge is 0.392 e. The number of allylic oxidation sites excluding steroid dienone is 1. The van der Waals surface area contributed by atoms with Gasteiger partial charge in [0, 0.05) is 0 Å². The minimum absolute atomic E-state index is 0.116. The Hall–Kier alpha value is -0.210. The summed E-state index contributed by atoms with van der Waals surface area (Å²) in [5.74, 6) is -0.221. The molecule has 1 aliphatic carbocycles. The molecule has 1 aliphatic rings. The van der Waals surface area contributed by atoms with Gasteiger partial charge in [0.05, 0.1) is 10.9 Å². The van der Waals surface area contributed by atoms with E-state index < -0.39 is 5.90 Å². The van der Waals surface area contributed by atoms with Gasteiger partial charge in [-0.3, -0.25) is 0 Å². The van der Waals surface area contributed by atoms with E-state index >= 15 is 0 Å². The van der Waals surface area contributed by atoms with E-state index in [-0.39, 0.29) is 10.9 Å². The van der Waals surface area contributed by atoms with Gasteiger partial charge in [-0.15, -0.1) is 0 Å². The molecule has 4 atom stereocenters. The zero-order chi connectivity index (χ0) is 14.8. The Morgan fingerprint density at radius 3 is 2.65 bits per heavy atom. The van der Waals surface area contributed by atoms with Crippen LogP contribution >= 0.6 is 17.3 Å². The fourth-order valence-electron chi connectivity index (χ4n) is 2.61. The van der Waals surface area contributed by atoms with Crippen LogP contribution in [0.5, 0.6) is 0 Å². The Labute approximate surface area is 132 Å². The van der Waals surface area contributed by atoms with Gasteiger partial charge < -0.3 is 5.11 Å². The molecule has 0 amide bonds. The molecule has 1 unspecified atom stereocenters. The number of benzene rings is 1. The summed E-state index contributed by atoms with van der Waals surface area (Å²) >= 11 is 7.49. The number of rotatable bonds is 4. The third kappa shape index (κ3) is 3.71. The highest BCUT2D eigenvalue weighted by molar-refractivity contribution is 8.66. The van der Waals surface area contributed by atoms with Crippen molar-refractivity contribution in [2.24, 2.45) is 5.92 Å². The van der Waals surface area contributed by atoms with Gasteiger partial charge in [0.15, 0.2) is 17.1 Å². The predicted octanol–water partition coefficient (Wildman–Crippen LogP) is 4.40. The van der Waals surface area contributed by atoms with Gasteiger partial charge in [-0.25, -0.2) is 0 Å². The molecule has 0 spiro atoms. The molecule has 1 N–H and O–H groups in total. The average molecular weight is 325 g/mol. The molecule has 2 rings (SSSR count). The van der Waals surface area contributed by atoms with Crippen LogP contribution in [-0.4, -0.2) is 16.0 Å². The second kappa shape index (κ2) is 6.70. The Bertz CT molecular complexity index is 502. The van der Waals surface area contributed by atoms with Crippen LogP contribution in [-0.2, 0) is 11.8 Å². The smallest absolute Gasteiger partial charge is 0.283 e. The first-order chi connectivity index (χ1) is 9.42. The van der Waals surface area contributed by atoms with Crippen LogP contribution in [0.4, 0.5) is 0 Å². The summed E-state index contributed by atoms with van der Waals surface area (Å²) < 4.78 is -0.116. The first-order valence-corrected chi connectivity index (χ1v) is 10.7. The van der Waals surface area contributed by atoms with Crippen molar-refractivity contribution in [1.29, 1.82) is 0 Å². The SMILES string of the molecule is C=C(C)[C@@H]1CC[C@](C)(S[P+](=S)c2ccccc2)[C@@H](O)C1. The zero-order valence-corrected chi connectivity index (χ0v) is 14.6. The highest BCUT2D eigenvalue weighted by atomic mass is 32.9. The van der Waals surface area contributed by atoms with Gasteiger partial charge in [-0.1, -0.05) is 30.4 Å². The zero-order valence-electron chi connectivity index (χ0n) is 12.1. The molecule has 0 saturated heterocycles. The monoisotopic (exact) mass is 325 g/mol. The van der Waals surface area contributed by atoms with E-state index in [4.69, 9.17) is 11.8 Å². The Kier molecular flexibility index (Phi) is 5.42. The maximum absolute atomic E-state index is 10.5. The molecule has 1 fully saturated rings. The lowest BCUT2D eigenvalue weighted by Crippen LogP contribution is -2.41. The van der Waals surface area contributed by atoms with E-state index in [0.29, 0.717) is 5.92 Å². The lowest BCUT2D eigenvalue weighted by Gasteiger charge is -2.38. The highest BCUT2D eigenvalue weighted by Crippen LogP contribution is 2.53. The lowest BCUT2D eigenvalue weighted by molar-refractivity contribution is 0.0803. The van der Waals surface area contributed by atoms with Crippen molar-refractivity contribution in [3.63, 3.8) is 0 Å². The van der Waals surface area contributed by atoms with Crippen LogP contribution in [0, 0.1) is 5.92 Å². The van der Waals surface area contributed by atoms with Gasteiger partial charge in [-0.05, 0) is 51.2 Å². The topological polar surface area (TPSA) is 20.2 Å². The molecule has 1 nitrogen and oxygen atoms in total. The minimum atomic E-state index is -0.686. The summed E-state index contributed by atoms with van der Waals surface area (Å²) in [5, 5.41) is 11.8. The van der Waals surface area contributed by atoms with Gasteiger partial charge in [0.25, 0.3) is 5.90 Å². The molecule has 1 aromatic carbocycles. The first-order valence-electron chi connectivity index (χ1n) is 6.97. The maximum atomic E-state index is 10.5. The number of aliphatic hydroxyl groups excluding tert-OH is 1. The summed E-state index contributed by atoms with van der Waals surface area (Å²) in [6.07, 6.45) is 2.66. The molecule has 0 aromatic heterocycles. The quantitative estimate of drug-likeness (QED) is 0.654. The molecule has 1 saturated carbocycles. The molecular weight excluding hydrogens is 303 g/mol. The highest BCUT2D eigenvalue weighted by Gasteiger charge is 2.45. The minimum Gasteiger partial charge on any atom is -0.392 e.